The highest BCUT2D eigenvalue weighted by Crippen LogP contribution is 2.26. The molecule has 3 aromatic rings. The summed E-state index contributed by atoms with van der Waals surface area (Å²) in [5, 5.41) is 4.55. The first-order chi connectivity index (χ1) is 11.4. The van der Waals surface area contributed by atoms with Gasteiger partial charge in [-0.05, 0) is 36.6 Å². The third kappa shape index (κ3) is 2.84. The zero-order valence-electron chi connectivity index (χ0n) is 13.1. The summed E-state index contributed by atoms with van der Waals surface area (Å²) in [6.45, 7) is 2.98. The Bertz CT molecular complexity index is 810. The van der Waals surface area contributed by atoms with Crippen molar-refractivity contribution in [2.24, 2.45) is 0 Å². The molecule has 4 nitrogen and oxygen atoms in total. The second-order valence-electron chi connectivity index (χ2n) is 5.89. The molecule has 1 aromatic heterocycles. The Morgan fingerprint density at radius 2 is 1.87 bits per heavy atom. The first-order valence-electron chi connectivity index (χ1n) is 8.18. The van der Waals surface area contributed by atoms with E-state index in [4.69, 9.17) is 0 Å². The van der Waals surface area contributed by atoms with Gasteiger partial charge in [0.2, 0.25) is 0 Å². The Morgan fingerprint density at radius 1 is 1.00 bits per heavy atom. The summed E-state index contributed by atoms with van der Waals surface area (Å²) < 4.78 is 0. The summed E-state index contributed by atoms with van der Waals surface area (Å²) in [7, 11) is 0. The topological polar surface area (TPSA) is 41.0 Å². The molecule has 23 heavy (non-hydrogen) atoms. The van der Waals surface area contributed by atoms with Gasteiger partial charge in [0.1, 0.15) is 12.1 Å². The number of aromatic nitrogens is 2. The van der Waals surface area contributed by atoms with Gasteiger partial charge in [-0.3, -0.25) is 0 Å². The van der Waals surface area contributed by atoms with Crippen LogP contribution in [0.1, 0.15) is 12.0 Å². The van der Waals surface area contributed by atoms with Crippen LogP contribution in [0, 0.1) is 0 Å². The van der Waals surface area contributed by atoms with Gasteiger partial charge in [0.15, 0.2) is 0 Å². The normalized spacial score (nSPS) is 13.8. The Labute approximate surface area is 136 Å². The number of benzene rings is 2. The van der Waals surface area contributed by atoms with Crippen LogP contribution in [0.2, 0.25) is 0 Å². The van der Waals surface area contributed by atoms with E-state index >= 15 is 0 Å². The third-order valence-corrected chi connectivity index (χ3v) is 4.42. The molecule has 1 N–H and O–H groups in total. The minimum atomic E-state index is 0.870. The summed E-state index contributed by atoms with van der Waals surface area (Å²) >= 11 is 0. The SMILES string of the molecule is c1ccc2c(c1)CCCN2CCNc1ncnc2ccccc12. The van der Waals surface area contributed by atoms with Crippen molar-refractivity contribution in [3.05, 3.63) is 60.4 Å². The van der Waals surface area contributed by atoms with Gasteiger partial charge < -0.3 is 10.2 Å². The van der Waals surface area contributed by atoms with Crippen molar-refractivity contribution in [3.63, 3.8) is 0 Å². The average Bonchev–Trinajstić information content (AvgIpc) is 2.62. The Morgan fingerprint density at radius 3 is 2.87 bits per heavy atom. The highest BCUT2D eigenvalue weighted by molar-refractivity contribution is 5.88. The lowest BCUT2D eigenvalue weighted by atomic mass is 10.0. The largest absolute Gasteiger partial charge is 0.370 e. The minimum absolute atomic E-state index is 0.870. The van der Waals surface area contributed by atoms with Crippen LogP contribution in [-0.4, -0.2) is 29.6 Å². The van der Waals surface area contributed by atoms with Crippen LogP contribution in [0.15, 0.2) is 54.9 Å². The van der Waals surface area contributed by atoms with Crippen molar-refractivity contribution in [1.82, 2.24) is 9.97 Å². The molecule has 0 fully saturated rings. The molecule has 1 aliphatic rings. The molecule has 0 bridgehead atoms. The van der Waals surface area contributed by atoms with Crippen LogP contribution in [0.25, 0.3) is 10.9 Å². The van der Waals surface area contributed by atoms with Crippen molar-refractivity contribution in [3.8, 4) is 0 Å². The first-order valence-corrected chi connectivity index (χ1v) is 8.18. The monoisotopic (exact) mass is 304 g/mol. The number of rotatable bonds is 4. The van der Waals surface area contributed by atoms with Crippen LogP contribution in [0.4, 0.5) is 11.5 Å². The van der Waals surface area contributed by atoms with Crippen LogP contribution in [-0.2, 0) is 6.42 Å². The van der Waals surface area contributed by atoms with Gasteiger partial charge in [-0.15, -0.1) is 0 Å². The molecule has 4 heteroatoms. The van der Waals surface area contributed by atoms with Crippen molar-refractivity contribution < 1.29 is 0 Å². The Kier molecular flexibility index (Phi) is 3.80. The summed E-state index contributed by atoms with van der Waals surface area (Å²) in [4.78, 5) is 11.2. The van der Waals surface area contributed by atoms with Gasteiger partial charge in [0, 0.05) is 30.7 Å². The smallest absolute Gasteiger partial charge is 0.137 e. The molecular weight excluding hydrogens is 284 g/mol. The van der Waals surface area contributed by atoms with Gasteiger partial charge in [-0.1, -0.05) is 30.3 Å². The van der Waals surface area contributed by atoms with Crippen molar-refractivity contribution in [2.45, 2.75) is 12.8 Å². The fourth-order valence-electron chi connectivity index (χ4n) is 3.30. The van der Waals surface area contributed by atoms with Crippen molar-refractivity contribution >= 4 is 22.4 Å². The average molecular weight is 304 g/mol. The van der Waals surface area contributed by atoms with E-state index in [2.05, 4.69) is 50.5 Å². The van der Waals surface area contributed by atoms with Crippen LogP contribution in [0.3, 0.4) is 0 Å². The lowest BCUT2D eigenvalue weighted by Gasteiger charge is -2.31. The third-order valence-electron chi connectivity index (χ3n) is 4.42. The van der Waals surface area contributed by atoms with Crippen LogP contribution >= 0.6 is 0 Å². The number of fused-ring (bicyclic) bond motifs is 2. The Hall–Kier alpha value is -2.62. The molecule has 4 rings (SSSR count). The second-order valence-corrected chi connectivity index (χ2v) is 5.89. The maximum atomic E-state index is 4.39. The lowest BCUT2D eigenvalue weighted by Crippen LogP contribution is -2.33. The van der Waals surface area contributed by atoms with E-state index in [1.165, 1.54) is 24.1 Å². The maximum absolute atomic E-state index is 4.39. The van der Waals surface area contributed by atoms with Crippen molar-refractivity contribution in [2.75, 3.05) is 29.9 Å². The molecule has 2 aromatic carbocycles. The molecule has 0 aliphatic carbocycles. The highest BCUT2D eigenvalue weighted by Gasteiger charge is 2.15. The second kappa shape index (κ2) is 6.24. The van der Waals surface area contributed by atoms with Gasteiger partial charge in [0.25, 0.3) is 0 Å². The van der Waals surface area contributed by atoms with E-state index in [9.17, 15) is 0 Å². The maximum Gasteiger partial charge on any atom is 0.137 e. The quantitative estimate of drug-likeness (QED) is 0.801. The summed E-state index contributed by atoms with van der Waals surface area (Å²) in [6, 6.07) is 16.8. The van der Waals surface area contributed by atoms with E-state index in [1.54, 1.807) is 6.33 Å². The zero-order valence-corrected chi connectivity index (χ0v) is 13.1. The molecular formula is C19H20N4. The van der Waals surface area contributed by atoms with Gasteiger partial charge in [-0.2, -0.15) is 0 Å². The predicted molar refractivity (Wildman–Crippen MR) is 95.0 cm³/mol. The summed E-state index contributed by atoms with van der Waals surface area (Å²) in [5.74, 6) is 0.917. The summed E-state index contributed by atoms with van der Waals surface area (Å²) in [5.41, 5.74) is 3.83. The van der Waals surface area contributed by atoms with Gasteiger partial charge >= 0.3 is 0 Å². The number of nitrogens with zero attached hydrogens (tertiary/aromatic N) is 3. The van der Waals surface area contributed by atoms with E-state index in [1.807, 2.05) is 18.2 Å². The van der Waals surface area contributed by atoms with Crippen LogP contribution < -0.4 is 10.2 Å². The standard InChI is InChI=1S/C19H20N4/c1-4-10-18-15(6-1)7-5-12-23(18)13-11-20-19-16-8-2-3-9-17(16)21-14-22-19/h1-4,6,8-10,14H,5,7,11-13H2,(H,20,21,22). The van der Waals surface area contributed by atoms with E-state index in [0.717, 1.165) is 36.4 Å². The number of hydrogen-bond donors (Lipinski definition) is 1. The number of para-hydroxylation sites is 2. The molecule has 0 radical (unpaired) electrons. The number of aryl methyl sites for hydroxylation is 1. The molecule has 2 heterocycles. The molecule has 0 spiro atoms. The van der Waals surface area contributed by atoms with Gasteiger partial charge in [0.05, 0.1) is 5.52 Å². The van der Waals surface area contributed by atoms with E-state index in [-0.39, 0.29) is 0 Å². The fourth-order valence-corrected chi connectivity index (χ4v) is 3.30. The molecule has 0 unspecified atom stereocenters. The Balaban J connectivity index is 1.46. The predicted octanol–water partition coefficient (Wildman–Crippen LogP) is 3.49. The number of hydrogen-bond acceptors (Lipinski definition) is 4. The molecule has 0 saturated carbocycles. The van der Waals surface area contributed by atoms with Crippen molar-refractivity contribution in [1.29, 1.82) is 0 Å². The molecule has 0 saturated heterocycles. The molecule has 116 valence electrons. The molecule has 1 aliphatic heterocycles. The minimum Gasteiger partial charge on any atom is -0.370 e. The highest BCUT2D eigenvalue weighted by atomic mass is 15.2. The fraction of sp³-hybridized carbons (Fsp3) is 0.263. The van der Waals surface area contributed by atoms with E-state index < -0.39 is 0 Å². The van der Waals surface area contributed by atoms with Gasteiger partial charge in [-0.25, -0.2) is 9.97 Å². The number of anilines is 2. The molecule has 0 amide bonds. The lowest BCUT2D eigenvalue weighted by molar-refractivity contribution is 0.698. The summed E-state index contributed by atoms with van der Waals surface area (Å²) in [6.07, 6.45) is 4.05. The van der Waals surface area contributed by atoms with E-state index in [0.29, 0.717) is 0 Å². The zero-order chi connectivity index (χ0) is 15.5. The van der Waals surface area contributed by atoms with Crippen LogP contribution in [0.5, 0.6) is 0 Å². The first kappa shape index (κ1) is 14.0. The molecule has 0 atom stereocenters. The number of nitrogens with one attached hydrogen (secondary N) is 1.